The molecule has 2 heterocycles. The number of aryl methyl sites for hydroxylation is 2. The zero-order valence-electron chi connectivity index (χ0n) is 18.3. The number of pyridine rings is 1. The number of nitrogens with zero attached hydrogens (tertiary/aromatic N) is 1. The lowest BCUT2D eigenvalue weighted by Gasteiger charge is -2.07. The van der Waals surface area contributed by atoms with Gasteiger partial charge in [0.2, 0.25) is 15.8 Å². The number of nitrogens with one attached hydrogen (secondary N) is 1. The maximum atomic E-state index is 13.1. The van der Waals surface area contributed by atoms with Crippen molar-refractivity contribution in [2.45, 2.75) is 37.5 Å². The van der Waals surface area contributed by atoms with Crippen LogP contribution >= 0.6 is 11.3 Å². The Morgan fingerprint density at radius 3 is 2.58 bits per heavy atom. The fourth-order valence-electron chi connectivity index (χ4n) is 3.24. The molecule has 0 unspecified atom stereocenters. The van der Waals surface area contributed by atoms with Crippen LogP contribution in [0.4, 0.5) is 0 Å². The molecule has 2 aromatic heterocycles. The molecule has 0 aliphatic heterocycles. The van der Waals surface area contributed by atoms with Gasteiger partial charge in [-0.1, -0.05) is 18.2 Å². The molecule has 0 amide bonds. The molecular formula is C24H26N2O5S2. The first-order chi connectivity index (χ1) is 15.9. The van der Waals surface area contributed by atoms with Crippen molar-refractivity contribution in [3.05, 3.63) is 81.8 Å². The van der Waals surface area contributed by atoms with Gasteiger partial charge >= 0.3 is 5.97 Å². The Hall–Kier alpha value is -2.88. The monoisotopic (exact) mass is 486 g/mol. The molecule has 0 saturated carbocycles. The van der Waals surface area contributed by atoms with Crippen molar-refractivity contribution in [1.29, 1.82) is 0 Å². The van der Waals surface area contributed by atoms with E-state index in [2.05, 4.69) is 9.71 Å². The largest absolute Gasteiger partial charge is 0.466 e. The second-order valence-corrected chi connectivity index (χ2v) is 10.2. The lowest BCUT2D eigenvalue weighted by atomic mass is 10.0. The lowest BCUT2D eigenvalue weighted by molar-refractivity contribution is -0.143. The standard InChI is InChI=1S/C24H26N2O5S2/c1-2-31-22(27)13-12-20-16-18(24(32-20)23(28)19-9-6-14-25-17-19)8-7-15-26-33(29,30)21-10-4-3-5-11-21/h3-6,9-11,14,16-17,26H,2,7-8,12-13,15H2,1H3. The van der Waals surface area contributed by atoms with Gasteiger partial charge in [0, 0.05) is 29.4 Å². The predicted octanol–water partition coefficient (Wildman–Crippen LogP) is 3.78. The quantitative estimate of drug-likeness (QED) is 0.237. The van der Waals surface area contributed by atoms with Crippen LogP contribution in [0.2, 0.25) is 0 Å². The Kier molecular flexibility index (Phi) is 8.87. The van der Waals surface area contributed by atoms with E-state index in [1.54, 1.807) is 55.6 Å². The summed E-state index contributed by atoms with van der Waals surface area (Å²) in [5, 5.41) is 0. The van der Waals surface area contributed by atoms with E-state index >= 15 is 0 Å². The van der Waals surface area contributed by atoms with Crippen molar-refractivity contribution >= 4 is 33.1 Å². The van der Waals surface area contributed by atoms with Crippen molar-refractivity contribution in [3.63, 3.8) is 0 Å². The molecular weight excluding hydrogens is 460 g/mol. The molecule has 0 atom stereocenters. The number of hydrogen-bond acceptors (Lipinski definition) is 7. The summed E-state index contributed by atoms with van der Waals surface area (Å²) in [5.41, 5.74) is 1.33. The van der Waals surface area contributed by atoms with Crippen molar-refractivity contribution in [3.8, 4) is 0 Å². The third kappa shape index (κ3) is 7.05. The number of hydrogen-bond donors (Lipinski definition) is 1. The third-order valence-electron chi connectivity index (χ3n) is 4.84. The van der Waals surface area contributed by atoms with Gasteiger partial charge in [-0.3, -0.25) is 14.6 Å². The highest BCUT2D eigenvalue weighted by Gasteiger charge is 2.19. The number of sulfonamides is 1. The van der Waals surface area contributed by atoms with Crippen LogP contribution < -0.4 is 4.72 Å². The normalized spacial score (nSPS) is 11.3. The minimum Gasteiger partial charge on any atom is -0.466 e. The Morgan fingerprint density at radius 2 is 1.88 bits per heavy atom. The van der Waals surface area contributed by atoms with Gasteiger partial charge < -0.3 is 4.74 Å². The zero-order chi connectivity index (χ0) is 23.7. The Bertz CT molecular complexity index is 1180. The van der Waals surface area contributed by atoms with Crippen LogP contribution in [0.15, 0.2) is 65.8 Å². The molecule has 174 valence electrons. The molecule has 0 radical (unpaired) electrons. The van der Waals surface area contributed by atoms with Gasteiger partial charge in [0.1, 0.15) is 0 Å². The average Bonchev–Trinajstić information content (AvgIpc) is 3.24. The van der Waals surface area contributed by atoms with Crippen molar-refractivity contribution in [1.82, 2.24) is 9.71 Å². The van der Waals surface area contributed by atoms with Gasteiger partial charge in [0.15, 0.2) is 0 Å². The number of benzene rings is 1. The van der Waals surface area contributed by atoms with Crippen LogP contribution in [0.3, 0.4) is 0 Å². The molecule has 0 saturated heterocycles. The van der Waals surface area contributed by atoms with Crippen LogP contribution in [0.25, 0.3) is 0 Å². The number of ketones is 1. The number of esters is 1. The molecule has 0 aliphatic rings. The molecule has 3 aromatic rings. The fourth-order valence-corrected chi connectivity index (χ4v) is 5.51. The minimum atomic E-state index is -3.58. The molecule has 33 heavy (non-hydrogen) atoms. The number of carbonyl (C=O) groups is 2. The van der Waals surface area contributed by atoms with Crippen LogP contribution in [0, 0.1) is 0 Å². The fraction of sp³-hybridized carbons (Fsp3) is 0.292. The van der Waals surface area contributed by atoms with Gasteiger partial charge in [0.05, 0.1) is 22.8 Å². The first kappa shape index (κ1) is 24.8. The molecule has 0 spiro atoms. The van der Waals surface area contributed by atoms with E-state index in [4.69, 9.17) is 4.74 Å². The molecule has 0 fully saturated rings. The van der Waals surface area contributed by atoms with E-state index in [1.807, 2.05) is 6.07 Å². The lowest BCUT2D eigenvalue weighted by Crippen LogP contribution is -2.25. The topological polar surface area (TPSA) is 102 Å². The average molecular weight is 487 g/mol. The Balaban J connectivity index is 1.69. The molecule has 0 aliphatic carbocycles. The first-order valence-electron chi connectivity index (χ1n) is 10.7. The first-order valence-corrected chi connectivity index (χ1v) is 13.0. The minimum absolute atomic E-state index is 0.129. The number of rotatable bonds is 12. The summed E-state index contributed by atoms with van der Waals surface area (Å²) in [6.45, 7) is 2.34. The van der Waals surface area contributed by atoms with Crippen LogP contribution in [-0.4, -0.2) is 38.3 Å². The Labute approximate surface area is 197 Å². The summed E-state index contributed by atoms with van der Waals surface area (Å²) in [4.78, 5) is 30.5. The van der Waals surface area contributed by atoms with Crippen molar-refractivity contribution in [2.24, 2.45) is 0 Å². The van der Waals surface area contributed by atoms with Crippen molar-refractivity contribution in [2.75, 3.05) is 13.2 Å². The summed E-state index contributed by atoms with van der Waals surface area (Å²) in [5.74, 6) is -0.404. The highest BCUT2D eigenvalue weighted by atomic mass is 32.2. The predicted molar refractivity (Wildman–Crippen MR) is 127 cm³/mol. The molecule has 0 bridgehead atoms. The van der Waals surface area contributed by atoms with E-state index < -0.39 is 10.0 Å². The van der Waals surface area contributed by atoms with E-state index in [-0.39, 0.29) is 29.6 Å². The third-order valence-corrected chi connectivity index (χ3v) is 7.55. The maximum absolute atomic E-state index is 13.1. The van der Waals surface area contributed by atoms with Gasteiger partial charge in [0.25, 0.3) is 0 Å². The van der Waals surface area contributed by atoms with Crippen molar-refractivity contribution < 1.29 is 22.7 Å². The highest BCUT2D eigenvalue weighted by molar-refractivity contribution is 7.89. The van der Waals surface area contributed by atoms with Crippen LogP contribution in [0.5, 0.6) is 0 Å². The molecule has 3 rings (SSSR count). The van der Waals surface area contributed by atoms with Gasteiger partial charge in [-0.2, -0.15) is 0 Å². The second kappa shape index (κ2) is 11.8. The number of thiophene rings is 1. The van der Waals surface area contributed by atoms with Crippen LogP contribution in [-0.2, 0) is 32.4 Å². The van der Waals surface area contributed by atoms with E-state index in [9.17, 15) is 18.0 Å². The highest BCUT2D eigenvalue weighted by Crippen LogP contribution is 2.27. The summed E-state index contributed by atoms with van der Waals surface area (Å²) in [7, 11) is -3.58. The Morgan fingerprint density at radius 1 is 1.09 bits per heavy atom. The molecule has 1 aromatic carbocycles. The summed E-state index contributed by atoms with van der Waals surface area (Å²) < 4.78 is 32.4. The molecule has 1 N–H and O–H groups in total. The smallest absolute Gasteiger partial charge is 0.306 e. The summed E-state index contributed by atoms with van der Waals surface area (Å²) >= 11 is 1.36. The van der Waals surface area contributed by atoms with Crippen LogP contribution in [0.1, 0.15) is 45.4 Å². The number of aromatic nitrogens is 1. The van der Waals surface area contributed by atoms with Gasteiger partial charge in [-0.15, -0.1) is 11.3 Å². The second-order valence-electron chi connectivity index (χ2n) is 7.26. The van der Waals surface area contributed by atoms with E-state index in [0.29, 0.717) is 36.3 Å². The zero-order valence-corrected chi connectivity index (χ0v) is 20.0. The molecule has 9 heteroatoms. The van der Waals surface area contributed by atoms with E-state index in [0.717, 1.165) is 10.4 Å². The maximum Gasteiger partial charge on any atom is 0.306 e. The molecule has 7 nitrogen and oxygen atoms in total. The van der Waals surface area contributed by atoms with Gasteiger partial charge in [-0.25, -0.2) is 13.1 Å². The van der Waals surface area contributed by atoms with Gasteiger partial charge in [-0.05, 0) is 62.1 Å². The number of ether oxygens (including phenoxy) is 1. The van der Waals surface area contributed by atoms with E-state index in [1.165, 1.54) is 17.5 Å². The SMILES string of the molecule is CCOC(=O)CCc1cc(CCCNS(=O)(=O)c2ccccc2)c(C(=O)c2cccnc2)s1. The number of carbonyl (C=O) groups excluding carboxylic acids is 2. The summed E-state index contributed by atoms with van der Waals surface area (Å²) in [6.07, 6.45) is 4.90. The summed E-state index contributed by atoms with van der Waals surface area (Å²) in [6, 6.07) is 13.5.